The Morgan fingerprint density at radius 1 is 1.09 bits per heavy atom. The Hall–Kier alpha value is -2.60. The van der Waals surface area contributed by atoms with E-state index in [4.69, 9.17) is 16.3 Å². The quantitative estimate of drug-likeness (QED) is 0.721. The molecule has 1 heterocycles. The highest BCUT2D eigenvalue weighted by atomic mass is 35.5. The molecule has 7 heteroatoms. The second-order valence-corrected chi connectivity index (χ2v) is 5.42. The van der Waals surface area contributed by atoms with Gasteiger partial charge in [-0.15, -0.1) is 0 Å². The minimum atomic E-state index is -0.356. The van der Waals surface area contributed by atoms with Crippen LogP contribution in [0, 0.1) is 6.92 Å². The third-order valence-corrected chi connectivity index (χ3v) is 3.63. The maximum Gasteiger partial charge on any atom is 0.368 e. The first-order valence-electron chi connectivity index (χ1n) is 7.12. The molecule has 6 nitrogen and oxygen atoms in total. The lowest BCUT2D eigenvalue weighted by Gasteiger charge is -2.05. The van der Waals surface area contributed by atoms with E-state index < -0.39 is 0 Å². The van der Waals surface area contributed by atoms with Gasteiger partial charge in [-0.25, -0.2) is 4.79 Å². The summed E-state index contributed by atoms with van der Waals surface area (Å²) in [6.45, 7) is 2.64. The van der Waals surface area contributed by atoms with E-state index >= 15 is 0 Å². The number of nitrogens with zero attached hydrogens (tertiary/aromatic N) is 4. The molecule has 0 N–H and O–H groups in total. The van der Waals surface area contributed by atoms with E-state index in [2.05, 4.69) is 10.4 Å². The molecule has 0 amide bonds. The van der Waals surface area contributed by atoms with Crippen molar-refractivity contribution in [1.29, 1.82) is 0 Å². The summed E-state index contributed by atoms with van der Waals surface area (Å²) in [5, 5.41) is 8.16. The lowest BCUT2D eigenvalue weighted by Crippen LogP contribution is -2.26. The fourth-order valence-electron chi connectivity index (χ4n) is 2.07. The number of halogens is 1. The Kier molecular flexibility index (Phi) is 4.43. The van der Waals surface area contributed by atoms with Crippen LogP contribution in [-0.4, -0.2) is 26.4 Å². The van der Waals surface area contributed by atoms with Gasteiger partial charge >= 0.3 is 5.69 Å². The average Bonchev–Trinajstić information content (AvgIpc) is 2.91. The molecule has 1 aromatic heterocycles. The average molecular weight is 331 g/mol. The van der Waals surface area contributed by atoms with Gasteiger partial charge in [-0.05, 0) is 41.6 Å². The molecule has 0 fully saturated rings. The molecular formula is C16H15ClN4O2. The van der Waals surface area contributed by atoms with E-state index in [9.17, 15) is 4.79 Å². The highest BCUT2D eigenvalue weighted by Crippen LogP contribution is 2.16. The Bertz CT molecular complexity index is 855. The summed E-state index contributed by atoms with van der Waals surface area (Å²) in [6, 6.07) is 14.7. The third-order valence-electron chi connectivity index (χ3n) is 3.31. The Labute approximate surface area is 137 Å². The van der Waals surface area contributed by atoms with E-state index in [1.165, 1.54) is 9.36 Å². The minimum Gasteiger partial charge on any atom is -0.492 e. The number of hydrogen-bond acceptors (Lipinski definition) is 4. The zero-order valence-corrected chi connectivity index (χ0v) is 13.3. The highest BCUT2D eigenvalue weighted by Gasteiger charge is 2.11. The second kappa shape index (κ2) is 6.66. The fourth-order valence-corrected chi connectivity index (χ4v) is 2.29. The standard InChI is InChI=1S/C16H15ClN4O2/c1-12-6-8-13(9-7-12)23-11-10-20-16(22)21(19-18-20)15-5-3-2-4-14(15)17/h2-9H,10-11H2,1H3. The molecule has 23 heavy (non-hydrogen) atoms. The molecule has 2 aromatic carbocycles. The molecule has 0 aliphatic rings. The van der Waals surface area contributed by atoms with Gasteiger partial charge in [0.25, 0.3) is 0 Å². The van der Waals surface area contributed by atoms with Crippen molar-refractivity contribution in [2.75, 3.05) is 6.61 Å². The Balaban J connectivity index is 1.69. The molecule has 0 aliphatic heterocycles. The molecule has 0 atom stereocenters. The molecule has 0 spiro atoms. The van der Waals surface area contributed by atoms with Crippen molar-refractivity contribution in [2.45, 2.75) is 13.5 Å². The van der Waals surface area contributed by atoms with Crippen LogP contribution in [0.5, 0.6) is 5.75 Å². The summed E-state index contributed by atoms with van der Waals surface area (Å²) >= 11 is 6.08. The van der Waals surface area contributed by atoms with Crippen molar-refractivity contribution in [2.24, 2.45) is 0 Å². The summed E-state index contributed by atoms with van der Waals surface area (Å²) in [5.41, 5.74) is 1.31. The van der Waals surface area contributed by atoms with Crippen molar-refractivity contribution < 1.29 is 4.74 Å². The van der Waals surface area contributed by atoms with Gasteiger partial charge in [0.2, 0.25) is 0 Å². The largest absolute Gasteiger partial charge is 0.492 e. The number of aromatic nitrogens is 4. The topological polar surface area (TPSA) is 61.9 Å². The molecule has 3 rings (SSSR count). The van der Waals surface area contributed by atoms with Crippen molar-refractivity contribution in [3.63, 3.8) is 0 Å². The SMILES string of the molecule is Cc1ccc(OCCn2nnn(-c3ccccc3Cl)c2=O)cc1. The maximum atomic E-state index is 12.3. The number of aryl methyl sites for hydroxylation is 1. The van der Waals surface area contributed by atoms with Gasteiger partial charge in [0, 0.05) is 0 Å². The van der Waals surface area contributed by atoms with Crippen LogP contribution >= 0.6 is 11.6 Å². The van der Waals surface area contributed by atoms with Crippen LogP contribution in [0.1, 0.15) is 5.56 Å². The summed E-state index contributed by atoms with van der Waals surface area (Å²) < 4.78 is 8.02. The number of ether oxygens (including phenoxy) is 1. The molecule has 0 radical (unpaired) electrons. The Morgan fingerprint density at radius 3 is 2.57 bits per heavy atom. The van der Waals surface area contributed by atoms with Gasteiger partial charge in [-0.3, -0.25) is 0 Å². The highest BCUT2D eigenvalue weighted by molar-refractivity contribution is 6.32. The molecule has 0 saturated heterocycles. The minimum absolute atomic E-state index is 0.303. The first-order chi connectivity index (χ1) is 11.1. The Morgan fingerprint density at radius 2 is 1.83 bits per heavy atom. The number of tetrazole rings is 1. The van der Waals surface area contributed by atoms with Gasteiger partial charge in [0.15, 0.2) is 0 Å². The van der Waals surface area contributed by atoms with Crippen molar-refractivity contribution in [3.05, 3.63) is 69.6 Å². The molecule has 118 valence electrons. The monoisotopic (exact) mass is 330 g/mol. The zero-order chi connectivity index (χ0) is 16.2. The maximum absolute atomic E-state index is 12.3. The fraction of sp³-hybridized carbons (Fsp3) is 0.188. The number of hydrogen-bond donors (Lipinski definition) is 0. The van der Waals surface area contributed by atoms with Gasteiger partial charge in [-0.2, -0.15) is 9.36 Å². The van der Waals surface area contributed by atoms with Crippen LogP contribution in [0.3, 0.4) is 0 Å². The first kappa shape index (κ1) is 15.3. The van der Waals surface area contributed by atoms with Crippen molar-refractivity contribution in [3.8, 4) is 11.4 Å². The zero-order valence-electron chi connectivity index (χ0n) is 12.5. The summed E-state index contributed by atoms with van der Waals surface area (Å²) in [5.74, 6) is 0.752. The van der Waals surface area contributed by atoms with Crippen LogP contribution in [0.2, 0.25) is 5.02 Å². The van der Waals surface area contributed by atoms with Gasteiger partial charge in [-0.1, -0.05) is 41.4 Å². The van der Waals surface area contributed by atoms with Crippen LogP contribution in [0.4, 0.5) is 0 Å². The number of rotatable bonds is 5. The smallest absolute Gasteiger partial charge is 0.368 e. The third kappa shape index (κ3) is 3.43. The van der Waals surface area contributed by atoms with Crippen molar-refractivity contribution in [1.82, 2.24) is 19.8 Å². The molecule has 3 aromatic rings. The van der Waals surface area contributed by atoms with Gasteiger partial charge < -0.3 is 4.74 Å². The predicted molar refractivity (Wildman–Crippen MR) is 87.3 cm³/mol. The van der Waals surface area contributed by atoms with Crippen LogP contribution in [0.25, 0.3) is 5.69 Å². The summed E-state index contributed by atoms with van der Waals surface area (Å²) in [4.78, 5) is 12.3. The summed E-state index contributed by atoms with van der Waals surface area (Å²) in [6.07, 6.45) is 0. The summed E-state index contributed by atoms with van der Waals surface area (Å²) in [7, 11) is 0. The van der Waals surface area contributed by atoms with Crippen LogP contribution < -0.4 is 10.4 Å². The van der Waals surface area contributed by atoms with E-state index in [1.807, 2.05) is 31.2 Å². The number of benzene rings is 2. The van der Waals surface area contributed by atoms with Crippen LogP contribution in [-0.2, 0) is 6.54 Å². The van der Waals surface area contributed by atoms with E-state index in [0.29, 0.717) is 23.9 Å². The number of para-hydroxylation sites is 1. The van der Waals surface area contributed by atoms with E-state index in [1.54, 1.807) is 24.3 Å². The van der Waals surface area contributed by atoms with Gasteiger partial charge in [0.1, 0.15) is 12.4 Å². The lowest BCUT2D eigenvalue weighted by molar-refractivity contribution is 0.287. The molecule has 0 bridgehead atoms. The lowest BCUT2D eigenvalue weighted by atomic mass is 10.2. The molecular weight excluding hydrogens is 316 g/mol. The predicted octanol–water partition coefficient (Wildman–Crippen LogP) is 2.47. The van der Waals surface area contributed by atoms with E-state index in [-0.39, 0.29) is 5.69 Å². The molecule has 0 unspecified atom stereocenters. The van der Waals surface area contributed by atoms with Crippen molar-refractivity contribution >= 4 is 11.6 Å². The van der Waals surface area contributed by atoms with Crippen LogP contribution in [0.15, 0.2) is 53.3 Å². The normalized spacial score (nSPS) is 10.7. The molecule has 0 saturated carbocycles. The second-order valence-electron chi connectivity index (χ2n) is 5.01. The molecule has 0 aliphatic carbocycles. The van der Waals surface area contributed by atoms with E-state index in [0.717, 1.165) is 11.3 Å². The first-order valence-corrected chi connectivity index (χ1v) is 7.50. The van der Waals surface area contributed by atoms with Gasteiger partial charge in [0.05, 0.1) is 17.3 Å².